The van der Waals surface area contributed by atoms with E-state index in [1.165, 1.54) is 23.0 Å². The molecule has 0 radical (unpaired) electrons. The molecule has 41 heavy (non-hydrogen) atoms. The lowest BCUT2D eigenvalue weighted by atomic mass is 9.86. The van der Waals surface area contributed by atoms with Crippen molar-refractivity contribution in [2.45, 2.75) is 32.6 Å². The Kier molecular flexibility index (Phi) is 7.52. The van der Waals surface area contributed by atoms with E-state index in [-0.39, 0.29) is 60.1 Å². The number of hydrogen-bond donors (Lipinski definition) is 1. The van der Waals surface area contributed by atoms with Gasteiger partial charge in [-0.2, -0.15) is 18.3 Å². The highest BCUT2D eigenvalue weighted by Gasteiger charge is 2.40. The number of hydrogen-bond acceptors (Lipinski definition) is 6. The molecule has 0 aliphatic carbocycles. The van der Waals surface area contributed by atoms with Gasteiger partial charge in [0.2, 0.25) is 0 Å². The Morgan fingerprint density at radius 3 is 2.63 bits per heavy atom. The van der Waals surface area contributed by atoms with Gasteiger partial charge in [-0.15, -0.1) is 0 Å². The molecular weight excluding hydrogens is 548 g/mol. The number of ether oxygens (including phenoxy) is 2. The van der Waals surface area contributed by atoms with Gasteiger partial charge in [0.25, 0.3) is 0 Å². The quantitative estimate of drug-likeness (QED) is 0.285. The van der Waals surface area contributed by atoms with E-state index in [0.717, 1.165) is 6.07 Å². The lowest BCUT2D eigenvalue weighted by Gasteiger charge is -2.27. The minimum atomic E-state index is -4.74. The minimum Gasteiger partial charge on any atom is -0.491 e. The third-order valence-electron chi connectivity index (χ3n) is 6.61. The van der Waals surface area contributed by atoms with Crippen molar-refractivity contribution in [3.8, 4) is 22.6 Å². The van der Waals surface area contributed by atoms with Gasteiger partial charge in [0, 0.05) is 42.8 Å². The molecule has 2 aromatic carbocycles. The molecule has 0 bridgehead atoms. The molecule has 0 amide bonds. The normalized spacial score (nSPS) is 15.0. The number of fused-ring (bicyclic) bond motifs is 1. The number of halogens is 4. The van der Waals surface area contributed by atoms with Crippen LogP contribution < -0.4 is 9.47 Å². The van der Waals surface area contributed by atoms with Crippen LogP contribution in [-0.2, 0) is 30.5 Å². The maximum atomic E-state index is 14.1. The molecule has 1 atom stereocenters. The number of aliphatic carboxylic acids is 1. The zero-order valence-corrected chi connectivity index (χ0v) is 21.7. The molecule has 1 N–H and O–H groups in total. The Balaban J connectivity index is 1.54. The Hall–Kier alpha value is -4.68. The first-order chi connectivity index (χ1) is 19.5. The number of aromatic nitrogens is 4. The molecule has 0 saturated carbocycles. The van der Waals surface area contributed by atoms with Gasteiger partial charge in [-0.3, -0.25) is 9.48 Å². The van der Waals surface area contributed by atoms with Crippen LogP contribution in [0.5, 0.6) is 11.5 Å². The van der Waals surface area contributed by atoms with Crippen LogP contribution in [-0.4, -0.2) is 49.4 Å². The summed E-state index contributed by atoms with van der Waals surface area (Å²) in [6.45, 7) is 1.24. The number of Topliss-reactive ketones (excluding diaryl/α,β-unsaturated/α-hetero) is 1. The molecule has 5 rings (SSSR count). The SMILES string of the molecule is CCn1cc(-c2cc(Cn3ccnc3)cc3c2OC[C@H](Cc2ccc(F)c(OCC(=O)O)c2)C3=O)c(C(F)(F)F)n1. The number of alkyl halides is 3. The molecule has 2 aromatic heterocycles. The molecule has 0 spiro atoms. The zero-order valence-electron chi connectivity index (χ0n) is 21.7. The summed E-state index contributed by atoms with van der Waals surface area (Å²) in [6.07, 6.45) is 1.45. The predicted octanol–water partition coefficient (Wildman–Crippen LogP) is 4.87. The zero-order chi connectivity index (χ0) is 29.3. The average molecular weight is 573 g/mol. The minimum absolute atomic E-state index is 0.0337. The first-order valence-electron chi connectivity index (χ1n) is 12.6. The van der Waals surface area contributed by atoms with E-state index in [1.54, 1.807) is 42.3 Å². The van der Waals surface area contributed by atoms with Crippen molar-refractivity contribution >= 4 is 11.8 Å². The lowest BCUT2D eigenvalue weighted by molar-refractivity contribution is -0.141. The fraction of sp³-hybridized carbons (Fsp3) is 0.286. The van der Waals surface area contributed by atoms with Gasteiger partial charge in [-0.1, -0.05) is 6.07 Å². The molecule has 13 heteroatoms. The highest BCUT2D eigenvalue weighted by atomic mass is 19.4. The number of benzene rings is 2. The summed E-state index contributed by atoms with van der Waals surface area (Å²) in [6, 6.07) is 7.03. The van der Waals surface area contributed by atoms with Gasteiger partial charge in [-0.25, -0.2) is 14.2 Å². The highest BCUT2D eigenvalue weighted by molar-refractivity contribution is 6.04. The van der Waals surface area contributed by atoms with Gasteiger partial charge in [-0.05, 0) is 48.7 Å². The summed E-state index contributed by atoms with van der Waals surface area (Å²) in [5, 5.41) is 12.5. The molecule has 0 saturated heterocycles. The first kappa shape index (κ1) is 27.9. The van der Waals surface area contributed by atoms with E-state index in [1.807, 2.05) is 0 Å². The third kappa shape index (κ3) is 5.93. The van der Waals surface area contributed by atoms with Crippen molar-refractivity contribution in [3.05, 3.63) is 83.5 Å². The fourth-order valence-corrected chi connectivity index (χ4v) is 4.74. The van der Waals surface area contributed by atoms with Crippen molar-refractivity contribution in [2.24, 2.45) is 5.92 Å². The second kappa shape index (κ2) is 11.1. The van der Waals surface area contributed by atoms with Gasteiger partial charge < -0.3 is 19.1 Å². The number of imidazole rings is 1. The van der Waals surface area contributed by atoms with Gasteiger partial charge in [0.15, 0.2) is 29.7 Å². The van der Waals surface area contributed by atoms with Gasteiger partial charge in [0.1, 0.15) is 5.75 Å². The van der Waals surface area contributed by atoms with E-state index < -0.39 is 36.2 Å². The van der Waals surface area contributed by atoms with Crippen molar-refractivity contribution in [1.82, 2.24) is 19.3 Å². The topological polar surface area (TPSA) is 108 Å². The Bertz CT molecular complexity index is 1600. The predicted molar refractivity (Wildman–Crippen MR) is 136 cm³/mol. The number of aryl methyl sites for hydroxylation is 1. The number of carboxylic acids is 1. The summed E-state index contributed by atoms with van der Waals surface area (Å²) in [5.74, 6) is -3.36. The number of rotatable bonds is 9. The highest BCUT2D eigenvalue weighted by Crippen LogP contribution is 2.44. The molecular formula is C28H24F4N4O5. The van der Waals surface area contributed by atoms with Crippen LogP contribution in [0.3, 0.4) is 0 Å². The Morgan fingerprint density at radius 1 is 1.17 bits per heavy atom. The molecule has 214 valence electrons. The second-order valence-electron chi connectivity index (χ2n) is 9.52. The lowest BCUT2D eigenvalue weighted by Crippen LogP contribution is -2.30. The summed E-state index contributed by atoms with van der Waals surface area (Å²) in [7, 11) is 0. The summed E-state index contributed by atoms with van der Waals surface area (Å²) < 4.78 is 70.0. The second-order valence-corrected chi connectivity index (χ2v) is 9.52. The number of nitrogens with zero attached hydrogens (tertiary/aromatic N) is 4. The van der Waals surface area contributed by atoms with E-state index in [2.05, 4.69) is 10.1 Å². The number of carbonyl (C=O) groups excluding carboxylic acids is 1. The molecule has 1 aliphatic rings. The Labute approximate surface area is 230 Å². The van der Waals surface area contributed by atoms with Crippen molar-refractivity contribution in [1.29, 1.82) is 0 Å². The number of carbonyl (C=O) groups is 2. The van der Waals surface area contributed by atoms with Gasteiger partial charge >= 0.3 is 12.1 Å². The largest absolute Gasteiger partial charge is 0.491 e. The van der Waals surface area contributed by atoms with Crippen LogP contribution in [0.4, 0.5) is 17.6 Å². The summed E-state index contributed by atoms with van der Waals surface area (Å²) in [4.78, 5) is 28.6. The van der Waals surface area contributed by atoms with E-state index in [4.69, 9.17) is 14.6 Å². The molecule has 3 heterocycles. The molecule has 4 aromatic rings. The van der Waals surface area contributed by atoms with Crippen molar-refractivity contribution in [3.63, 3.8) is 0 Å². The van der Waals surface area contributed by atoms with Gasteiger partial charge in [0.05, 0.1) is 24.4 Å². The van der Waals surface area contributed by atoms with Crippen molar-refractivity contribution < 1.29 is 41.7 Å². The number of carboxylic acid groups (broad SMARTS) is 1. The van der Waals surface area contributed by atoms with Crippen LogP contribution in [0.15, 0.2) is 55.2 Å². The van der Waals surface area contributed by atoms with E-state index >= 15 is 0 Å². The standard InChI is InChI=1S/C28H24F4N4O5/c1-2-36-12-21(27(34-36)28(30,31)32)19-8-17(11-35-6-5-33-15-35)9-20-25(39)18(13-41-26(19)20)7-16-3-4-22(29)23(10-16)40-14-24(37)38/h3-6,8-10,12,15,18H,2,7,11,13-14H2,1H3,(H,37,38)/t18-/m0/s1. The summed E-state index contributed by atoms with van der Waals surface area (Å²) >= 11 is 0. The van der Waals surface area contributed by atoms with Crippen LogP contribution in [0.25, 0.3) is 11.1 Å². The van der Waals surface area contributed by atoms with Crippen LogP contribution in [0, 0.1) is 11.7 Å². The smallest absolute Gasteiger partial charge is 0.435 e. The van der Waals surface area contributed by atoms with Crippen LogP contribution >= 0.6 is 0 Å². The summed E-state index contributed by atoms with van der Waals surface area (Å²) in [5.41, 5.74) is -0.0144. The third-order valence-corrected chi connectivity index (χ3v) is 6.61. The van der Waals surface area contributed by atoms with Crippen LogP contribution in [0.2, 0.25) is 0 Å². The monoisotopic (exact) mass is 572 g/mol. The van der Waals surface area contributed by atoms with Crippen molar-refractivity contribution in [2.75, 3.05) is 13.2 Å². The maximum absolute atomic E-state index is 14.1. The fourth-order valence-electron chi connectivity index (χ4n) is 4.74. The van der Waals surface area contributed by atoms with E-state index in [9.17, 15) is 27.2 Å². The number of ketones is 1. The van der Waals surface area contributed by atoms with E-state index in [0.29, 0.717) is 11.1 Å². The Morgan fingerprint density at radius 2 is 1.95 bits per heavy atom. The van der Waals surface area contributed by atoms with Crippen LogP contribution in [0.1, 0.15) is 34.1 Å². The molecule has 0 unspecified atom stereocenters. The molecule has 0 fully saturated rings. The first-order valence-corrected chi connectivity index (χ1v) is 12.6. The maximum Gasteiger partial charge on any atom is 0.435 e. The molecule has 9 nitrogen and oxygen atoms in total. The molecule has 1 aliphatic heterocycles. The average Bonchev–Trinajstić information content (AvgIpc) is 3.60.